The Bertz CT molecular complexity index is 431. The summed E-state index contributed by atoms with van der Waals surface area (Å²) in [5.41, 5.74) is 2.02. The summed E-state index contributed by atoms with van der Waals surface area (Å²) in [4.78, 5) is 12.0. The van der Waals surface area contributed by atoms with Gasteiger partial charge in [-0.1, -0.05) is 38.3 Å². The van der Waals surface area contributed by atoms with Crippen LogP contribution in [0.15, 0.2) is 24.3 Å². The Morgan fingerprint density at radius 3 is 2.84 bits per heavy atom. The Hall–Kier alpha value is -1.51. The van der Waals surface area contributed by atoms with E-state index in [0.29, 0.717) is 12.0 Å². The molecule has 3 nitrogen and oxygen atoms in total. The van der Waals surface area contributed by atoms with Gasteiger partial charge >= 0.3 is 6.03 Å². The normalized spacial score (nSPS) is 22.8. The van der Waals surface area contributed by atoms with E-state index in [1.165, 1.54) is 19.3 Å². The molecule has 1 saturated carbocycles. The van der Waals surface area contributed by atoms with Crippen molar-refractivity contribution in [2.24, 2.45) is 5.92 Å². The van der Waals surface area contributed by atoms with E-state index in [1.807, 2.05) is 31.2 Å². The fourth-order valence-corrected chi connectivity index (χ4v) is 2.94. The molecular formula is C16H24N2O. The molecule has 1 aliphatic carbocycles. The number of urea groups is 1. The second-order valence-electron chi connectivity index (χ2n) is 5.53. The SMILES string of the molecule is CC[C@@H]1CCCC[C@H]1NC(=O)Nc1cccc(C)c1. The predicted molar refractivity (Wildman–Crippen MR) is 79.4 cm³/mol. The minimum absolute atomic E-state index is 0.0732. The molecule has 0 unspecified atom stereocenters. The van der Waals surface area contributed by atoms with E-state index in [4.69, 9.17) is 0 Å². The average Bonchev–Trinajstić information content (AvgIpc) is 2.39. The quantitative estimate of drug-likeness (QED) is 0.844. The van der Waals surface area contributed by atoms with Crippen LogP contribution in [0.4, 0.5) is 10.5 Å². The second kappa shape index (κ2) is 6.60. The van der Waals surface area contributed by atoms with Gasteiger partial charge in [0.25, 0.3) is 0 Å². The summed E-state index contributed by atoms with van der Waals surface area (Å²) in [6.45, 7) is 4.24. The van der Waals surface area contributed by atoms with Crippen LogP contribution in [-0.2, 0) is 0 Å². The van der Waals surface area contributed by atoms with E-state index < -0.39 is 0 Å². The standard InChI is InChI=1S/C16H24N2O/c1-3-13-8-4-5-10-15(13)18-16(19)17-14-9-6-7-12(2)11-14/h6-7,9,11,13,15H,3-5,8,10H2,1-2H3,(H2,17,18,19)/t13-,15-/m1/s1. The van der Waals surface area contributed by atoms with Gasteiger partial charge in [-0.25, -0.2) is 4.79 Å². The fourth-order valence-electron chi connectivity index (χ4n) is 2.94. The van der Waals surface area contributed by atoms with E-state index >= 15 is 0 Å². The van der Waals surface area contributed by atoms with Crippen molar-refractivity contribution in [1.29, 1.82) is 0 Å². The summed E-state index contributed by atoms with van der Waals surface area (Å²) in [6.07, 6.45) is 6.03. The van der Waals surface area contributed by atoms with Gasteiger partial charge in [-0.05, 0) is 43.4 Å². The van der Waals surface area contributed by atoms with Gasteiger partial charge in [-0.3, -0.25) is 0 Å². The number of carbonyl (C=O) groups excluding carboxylic acids is 1. The molecule has 0 saturated heterocycles. The van der Waals surface area contributed by atoms with Gasteiger partial charge < -0.3 is 10.6 Å². The minimum atomic E-state index is -0.0732. The average molecular weight is 260 g/mol. The van der Waals surface area contributed by atoms with Gasteiger partial charge in [0.15, 0.2) is 0 Å². The first kappa shape index (κ1) is 13.9. The lowest BCUT2D eigenvalue weighted by atomic mass is 9.83. The third-order valence-electron chi connectivity index (χ3n) is 4.03. The van der Waals surface area contributed by atoms with Crippen LogP contribution in [0, 0.1) is 12.8 Å². The van der Waals surface area contributed by atoms with Crippen LogP contribution >= 0.6 is 0 Å². The predicted octanol–water partition coefficient (Wildman–Crippen LogP) is 4.09. The summed E-state index contributed by atoms with van der Waals surface area (Å²) < 4.78 is 0. The lowest BCUT2D eigenvalue weighted by Crippen LogP contribution is -2.43. The zero-order valence-corrected chi connectivity index (χ0v) is 11.9. The molecule has 1 fully saturated rings. The highest BCUT2D eigenvalue weighted by Gasteiger charge is 2.24. The number of rotatable bonds is 3. The highest BCUT2D eigenvalue weighted by molar-refractivity contribution is 5.89. The number of hydrogen-bond donors (Lipinski definition) is 2. The van der Waals surface area contributed by atoms with Gasteiger partial charge in [-0.2, -0.15) is 0 Å². The molecule has 2 rings (SSSR count). The molecule has 19 heavy (non-hydrogen) atoms. The van der Waals surface area contributed by atoms with E-state index in [2.05, 4.69) is 17.6 Å². The van der Waals surface area contributed by atoms with Crippen LogP contribution in [0.5, 0.6) is 0 Å². The van der Waals surface area contributed by atoms with Crippen LogP contribution in [0.2, 0.25) is 0 Å². The highest BCUT2D eigenvalue weighted by Crippen LogP contribution is 2.26. The Labute approximate surface area is 115 Å². The fraction of sp³-hybridized carbons (Fsp3) is 0.562. The maximum atomic E-state index is 12.0. The van der Waals surface area contributed by atoms with Crippen LogP contribution < -0.4 is 10.6 Å². The van der Waals surface area contributed by atoms with Crippen molar-refractivity contribution in [3.8, 4) is 0 Å². The first-order valence-corrected chi connectivity index (χ1v) is 7.33. The zero-order valence-electron chi connectivity index (χ0n) is 11.9. The highest BCUT2D eigenvalue weighted by atomic mass is 16.2. The van der Waals surface area contributed by atoms with Crippen molar-refractivity contribution in [2.45, 2.75) is 52.0 Å². The number of hydrogen-bond acceptors (Lipinski definition) is 1. The van der Waals surface area contributed by atoms with Crippen LogP contribution in [0.1, 0.15) is 44.6 Å². The first-order valence-electron chi connectivity index (χ1n) is 7.33. The molecule has 2 N–H and O–H groups in total. The topological polar surface area (TPSA) is 41.1 Å². The third-order valence-corrected chi connectivity index (χ3v) is 4.03. The second-order valence-corrected chi connectivity index (χ2v) is 5.53. The largest absolute Gasteiger partial charge is 0.335 e. The van der Waals surface area contributed by atoms with Crippen molar-refractivity contribution >= 4 is 11.7 Å². The Kier molecular flexibility index (Phi) is 4.83. The van der Waals surface area contributed by atoms with Crippen molar-refractivity contribution in [1.82, 2.24) is 5.32 Å². The Balaban J connectivity index is 1.90. The molecule has 1 aromatic rings. The summed E-state index contributed by atoms with van der Waals surface area (Å²) in [6, 6.07) is 8.15. The van der Waals surface area contributed by atoms with Gasteiger partial charge in [0.05, 0.1) is 0 Å². The number of carbonyl (C=O) groups is 1. The van der Waals surface area contributed by atoms with Gasteiger partial charge in [0.2, 0.25) is 0 Å². The van der Waals surface area contributed by atoms with E-state index in [0.717, 1.165) is 24.1 Å². The minimum Gasteiger partial charge on any atom is -0.335 e. The molecule has 0 bridgehead atoms. The molecular weight excluding hydrogens is 236 g/mol. The number of aryl methyl sites for hydroxylation is 1. The number of nitrogens with one attached hydrogen (secondary N) is 2. The molecule has 2 amide bonds. The van der Waals surface area contributed by atoms with Gasteiger partial charge in [0, 0.05) is 11.7 Å². The van der Waals surface area contributed by atoms with Gasteiger partial charge in [-0.15, -0.1) is 0 Å². The number of amides is 2. The molecule has 1 aromatic carbocycles. The zero-order chi connectivity index (χ0) is 13.7. The summed E-state index contributed by atoms with van der Waals surface area (Å²) in [5.74, 6) is 0.636. The smallest absolute Gasteiger partial charge is 0.319 e. The van der Waals surface area contributed by atoms with E-state index in [9.17, 15) is 4.79 Å². The summed E-state index contributed by atoms with van der Waals surface area (Å²) in [7, 11) is 0. The monoisotopic (exact) mass is 260 g/mol. The molecule has 0 aromatic heterocycles. The Morgan fingerprint density at radius 1 is 1.32 bits per heavy atom. The van der Waals surface area contributed by atoms with Crippen LogP contribution in [0.3, 0.4) is 0 Å². The first-order chi connectivity index (χ1) is 9.19. The van der Waals surface area contributed by atoms with Crippen molar-refractivity contribution in [3.05, 3.63) is 29.8 Å². The van der Waals surface area contributed by atoms with Crippen molar-refractivity contribution in [2.75, 3.05) is 5.32 Å². The maximum absolute atomic E-state index is 12.0. The lowest BCUT2D eigenvalue weighted by Gasteiger charge is -2.31. The van der Waals surface area contributed by atoms with Gasteiger partial charge in [0.1, 0.15) is 0 Å². The number of benzene rings is 1. The maximum Gasteiger partial charge on any atom is 0.319 e. The molecule has 0 spiro atoms. The van der Waals surface area contributed by atoms with E-state index in [1.54, 1.807) is 0 Å². The molecule has 2 atom stereocenters. The lowest BCUT2D eigenvalue weighted by molar-refractivity contribution is 0.226. The Morgan fingerprint density at radius 2 is 2.11 bits per heavy atom. The molecule has 0 radical (unpaired) electrons. The molecule has 0 heterocycles. The van der Waals surface area contributed by atoms with Crippen LogP contribution in [0.25, 0.3) is 0 Å². The molecule has 3 heteroatoms. The molecule has 104 valence electrons. The molecule has 1 aliphatic rings. The van der Waals surface area contributed by atoms with Crippen molar-refractivity contribution < 1.29 is 4.79 Å². The summed E-state index contributed by atoms with van der Waals surface area (Å²) >= 11 is 0. The van der Waals surface area contributed by atoms with E-state index in [-0.39, 0.29) is 6.03 Å². The third kappa shape index (κ3) is 3.98. The van der Waals surface area contributed by atoms with Crippen LogP contribution in [-0.4, -0.2) is 12.1 Å². The summed E-state index contributed by atoms with van der Waals surface area (Å²) in [5, 5.41) is 6.06. The number of anilines is 1. The molecule has 0 aliphatic heterocycles. The van der Waals surface area contributed by atoms with Crippen molar-refractivity contribution in [3.63, 3.8) is 0 Å².